The first-order valence-corrected chi connectivity index (χ1v) is 9.97. The van der Waals surface area contributed by atoms with Gasteiger partial charge in [-0.25, -0.2) is 4.90 Å². The molecule has 8 heteroatoms. The summed E-state index contributed by atoms with van der Waals surface area (Å²) in [5, 5.41) is 0.937. The number of amides is 2. The maximum absolute atomic E-state index is 12.7. The maximum Gasteiger partial charge on any atom is 0.298 e. The second-order valence-corrected chi connectivity index (χ2v) is 8.01. The van der Waals surface area contributed by atoms with Gasteiger partial charge in [0.2, 0.25) is 0 Å². The fourth-order valence-electron chi connectivity index (χ4n) is 2.68. The molecule has 0 atom stereocenters. The van der Waals surface area contributed by atoms with Gasteiger partial charge in [-0.3, -0.25) is 9.59 Å². The molecular weight excluding hydrogens is 441 g/mol. The van der Waals surface area contributed by atoms with Gasteiger partial charge in [0.25, 0.3) is 11.1 Å². The molecule has 0 aliphatic carbocycles. The van der Waals surface area contributed by atoms with Crippen LogP contribution < -0.4 is 4.90 Å². The van der Waals surface area contributed by atoms with Gasteiger partial charge in [-0.1, -0.05) is 40.9 Å². The average molecular weight is 451 g/mol. The molecule has 3 aromatic rings. The van der Waals surface area contributed by atoms with Crippen molar-refractivity contribution < 1.29 is 14.0 Å². The molecule has 0 bridgehead atoms. The van der Waals surface area contributed by atoms with Crippen molar-refractivity contribution in [3.8, 4) is 11.3 Å². The highest BCUT2D eigenvalue weighted by atomic mass is 35.5. The first-order valence-electron chi connectivity index (χ1n) is 8.02. The summed E-state index contributed by atoms with van der Waals surface area (Å²) in [7, 11) is 0. The smallest absolute Gasteiger partial charge is 0.298 e. The van der Waals surface area contributed by atoms with Gasteiger partial charge in [-0.05, 0) is 60.3 Å². The number of carbonyl (C=O) groups is 2. The van der Waals surface area contributed by atoms with Crippen molar-refractivity contribution in [2.24, 2.45) is 0 Å². The van der Waals surface area contributed by atoms with Crippen LogP contribution in [-0.4, -0.2) is 11.1 Å². The lowest BCUT2D eigenvalue weighted by atomic mass is 10.2. The number of hydrogen-bond acceptors (Lipinski definition) is 4. The molecule has 2 heterocycles. The molecule has 28 heavy (non-hydrogen) atoms. The zero-order valence-corrected chi connectivity index (χ0v) is 17.1. The Morgan fingerprint density at radius 1 is 0.929 bits per heavy atom. The molecule has 2 aromatic carbocycles. The number of halogens is 3. The van der Waals surface area contributed by atoms with E-state index in [1.807, 2.05) is 0 Å². The first-order chi connectivity index (χ1) is 13.4. The fourth-order valence-corrected chi connectivity index (χ4v) is 4.02. The van der Waals surface area contributed by atoms with Gasteiger partial charge in [0.05, 0.1) is 20.6 Å². The highest BCUT2D eigenvalue weighted by molar-refractivity contribution is 8.19. The molecule has 0 spiro atoms. The van der Waals surface area contributed by atoms with Crippen LogP contribution >= 0.6 is 46.6 Å². The summed E-state index contributed by atoms with van der Waals surface area (Å²) in [6.07, 6.45) is 1.53. The molecule has 1 aromatic heterocycles. The van der Waals surface area contributed by atoms with Crippen molar-refractivity contribution in [1.29, 1.82) is 0 Å². The molecule has 4 nitrogen and oxygen atoms in total. The van der Waals surface area contributed by atoms with Crippen molar-refractivity contribution in [2.75, 3.05) is 4.90 Å². The predicted octanol–water partition coefficient (Wildman–Crippen LogP) is 7.15. The Hall–Kier alpha value is -2.18. The minimum Gasteiger partial charge on any atom is -0.457 e. The summed E-state index contributed by atoms with van der Waals surface area (Å²) < 4.78 is 5.78. The van der Waals surface area contributed by atoms with Crippen molar-refractivity contribution in [3.05, 3.63) is 80.3 Å². The Balaban J connectivity index is 1.62. The number of anilines is 1. The molecule has 0 unspecified atom stereocenters. The standard InChI is InChI=1S/C20H10Cl3NO3S/c21-11-4-6-12(7-5-11)24-19(25)17(28-20(24)26)10-13-8-9-16(27-13)14-2-1-3-15(22)18(14)23/h1-10H. The number of furan rings is 1. The zero-order valence-electron chi connectivity index (χ0n) is 14.0. The monoisotopic (exact) mass is 449 g/mol. The minimum atomic E-state index is -0.420. The molecule has 1 aliphatic heterocycles. The second-order valence-electron chi connectivity index (χ2n) is 5.80. The van der Waals surface area contributed by atoms with Crippen molar-refractivity contribution in [1.82, 2.24) is 0 Å². The quantitative estimate of drug-likeness (QED) is 0.398. The van der Waals surface area contributed by atoms with E-state index in [9.17, 15) is 9.59 Å². The molecule has 140 valence electrons. The molecule has 0 N–H and O–H groups in total. The van der Waals surface area contributed by atoms with E-state index < -0.39 is 5.91 Å². The third-order valence-corrected chi connectivity index (χ3v) is 5.94. The normalized spacial score (nSPS) is 15.7. The number of carbonyl (C=O) groups excluding carboxylic acids is 2. The lowest BCUT2D eigenvalue weighted by molar-refractivity contribution is -0.113. The SMILES string of the molecule is O=C1SC(=Cc2ccc(-c3cccc(Cl)c3Cl)o2)C(=O)N1c1ccc(Cl)cc1. The van der Waals surface area contributed by atoms with Crippen LogP contribution in [0.1, 0.15) is 5.76 Å². The summed E-state index contributed by atoms with van der Waals surface area (Å²) in [4.78, 5) is 26.4. The number of hydrogen-bond donors (Lipinski definition) is 0. The number of rotatable bonds is 3. The van der Waals surface area contributed by atoms with E-state index >= 15 is 0 Å². The van der Waals surface area contributed by atoms with Crippen LogP contribution in [0.5, 0.6) is 0 Å². The molecule has 0 saturated carbocycles. The van der Waals surface area contributed by atoms with Gasteiger partial charge in [0.15, 0.2) is 0 Å². The predicted molar refractivity (Wildman–Crippen MR) is 114 cm³/mol. The summed E-state index contributed by atoms with van der Waals surface area (Å²) in [6.45, 7) is 0. The average Bonchev–Trinajstić information content (AvgIpc) is 3.23. The summed E-state index contributed by atoms with van der Waals surface area (Å²) in [5.41, 5.74) is 1.10. The van der Waals surface area contributed by atoms with E-state index in [1.54, 1.807) is 54.6 Å². The Bertz CT molecular complexity index is 1120. The van der Waals surface area contributed by atoms with Crippen molar-refractivity contribution >= 4 is 69.5 Å². The third-order valence-electron chi connectivity index (χ3n) is 4.00. The third kappa shape index (κ3) is 3.59. The summed E-state index contributed by atoms with van der Waals surface area (Å²) in [6, 6.07) is 15.1. The zero-order chi connectivity index (χ0) is 19.8. The number of imide groups is 1. The van der Waals surface area contributed by atoms with E-state index in [-0.39, 0.29) is 10.1 Å². The van der Waals surface area contributed by atoms with E-state index in [1.165, 1.54) is 6.08 Å². The highest BCUT2D eigenvalue weighted by Gasteiger charge is 2.36. The number of benzene rings is 2. The molecule has 0 radical (unpaired) electrons. The topological polar surface area (TPSA) is 50.5 Å². The molecule has 4 rings (SSSR count). The number of thioether (sulfide) groups is 1. The minimum absolute atomic E-state index is 0.262. The lowest BCUT2D eigenvalue weighted by Gasteiger charge is -2.11. The van der Waals surface area contributed by atoms with Crippen LogP contribution in [0.15, 0.2) is 63.9 Å². The Morgan fingerprint density at radius 2 is 1.68 bits per heavy atom. The van der Waals surface area contributed by atoms with E-state index in [2.05, 4.69) is 0 Å². The molecule has 1 aliphatic rings. The molecule has 2 amide bonds. The first kappa shape index (κ1) is 19.2. The van der Waals surface area contributed by atoms with Crippen LogP contribution in [0.2, 0.25) is 15.1 Å². The Morgan fingerprint density at radius 3 is 2.43 bits per heavy atom. The van der Waals surface area contributed by atoms with Crippen LogP contribution in [0.4, 0.5) is 10.5 Å². The highest BCUT2D eigenvalue weighted by Crippen LogP contribution is 2.38. The van der Waals surface area contributed by atoms with Gasteiger partial charge in [-0.15, -0.1) is 0 Å². The van der Waals surface area contributed by atoms with E-state index in [0.717, 1.165) is 16.7 Å². The van der Waals surface area contributed by atoms with Crippen molar-refractivity contribution in [2.45, 2.75) is 0 Å². The lowest BCUT2D eigenvalue weighted by Crippen LogP contribution is -2.27. The fraction of sp³-hybridized carbons (Fsp3) is 0. The van der Waals surface area contributed by atoms with Crippen LogP contribution in [0, 0.1) is 0 Å². The molecule has 1 fully saturated rings. The molecular formula is C20H10Cl3NO3S. The van der Waals surface area contributed by atoms with Gasteiger partial charge < -0.3 is 4.42 Å². The summed E-state index contributed by atoms with van der Waals surface area (Å²) in [5.74, 6) is 0.513. The van der Waals surface area contributed by atoms with Gasteiger partial charge in [0.1, 0.15) is 11.5 Å². The van der Waals surface area contributed by atoms with Gasteiger partial charge in [0, 0.05) is 16.7 Å². The van der Waals surface area contributed by atoms with Crippen molar-refractivity contribution in [3.63, 3.8) is 0 Å². The maximum atomic E-state index is 12.7. The van der Waals surface area contributed by atoms with E-state index in [0.29, 0.717) is 37.8 Å². The molecule has 1 saturated heterocycles. The second kappa shape index (κ2) is 7.68. The number of nitrogens with zero attached hydrogens (tertiary/aromatic N) is 1. The Kier molecular flexibility index (Phi) is 5.25. The van der Waals surface area contributed by atoms with Crippen LogP contribution in [-0.2, 0) is 4.79 Å². The van der Waals surface area contributed by atoms with Gasteiger partial charge >= 0.3 is 0 Å². The van der Waals surface area contributed by atoms with E-state index in [4.69, 9.17) is 39.2 Å². The summed E-state index contributed by atoms with van der Waals surface area (Å²) >= 11 is 19.0. The Labute approximate surface area is 179 Å². The largest absolute Gasteiger partial charge is 0.457 e. The van der Waals surface area contributed by atoms with Crippen LogP contribution in [0.3, 0.4) is 0 Å². The van der Waals surface area contributed by atoms with Crippen LogP contribution in [0.25, 0.3) is 17.4 Å². The van der Waals surface area contributed by atoms with Gasteiger partial charge in [-0.2, -0.15) is 0 Å².